The molecule has 1 amide bonds. The van der Waals surface area contributed by atoms with Crippen molar-refractivity contribution in [2.24, 2.45) is 0 Å². The van der Waals surface area contributed by atoms with Crippen molar-refractivity contribution >= 4 is 11.7 Å². The Morgan fingerprint density at radius 2 is 2.00 bits per heavy atom. The third kappa shape index (κ3) is 4.11. The number of nitrogens with zero attached hydrogens (tertiary/aromatic N) is 3. The van der Waals surface area contributed by atoms with Crippen molar-refractivity contribution in [3.63, 3.8) is 0 Å². The highest BCUT2D eigenvalue weighted by Gasteiger charge is 2.31. The third-order valence-corrected chi connectivity index (χ3v) is 3.71. The van der Waals surface area contributed by atoms with E-state index in [-0.39, 0.29) is 5.91 Å². The summed E-state index contributed by atoms with van der Waals surface area (Å²) >= 11 is 0. The standard InChI is InChI=1S/C15H20F3N3O/c1-2-4-14(22)21-8-3-7-20(9-10-21)13-6-5-12(11-19-13)15(16,17)18/h5-6,11H,2-4,7-10H2,1H3. The van der Waals surface area contributed by atoms with Crippen molar-refractivity contribution in [2.45, 2.75) is 32.4 Å². The first-order chi connectivity index (χ1) is 10.4. The predicted octanol–water partition coefficient (Wildman–Crippen LogP) is 2.94. The van der Waals surface area contributed by atoms with Gasteiger partial charge in [-0.1, -0.05) is 6.92 Å². The van der Waals surface area contributed by atoms with Crippen molar-refractivity contribution in [1.82, 2.24) is 9.88 Å². The molecule has 4 nitrogen and oxygen atoms in total. The van der Waals surface area contributed by atoms with Gasteiger partial charge in [0.2, 0.25) is 5.91 Å². The highest BCUT2D eigenvalue weighted by Crippen LogP contribution is 2.29. The maximum absolute atomic E-state index is 12.5. The van der Waals surface area contributed by atoms with E-state index in [1.165, 1.54) is 6.07 Å². The third-order valence-electron chi connectivity index (χ3n) is 3.71. The largest absolute Gasteiger partial charge is 0.417 e. The predicted molar refractivity (Wildman–Crippen MR) is 77.6 cm³/mol. The molecule has 0 aliphatic carbocycles. The second kappa shape index (κ2) is 6.98. The van der Waals surface area contributed by atoms with Crippen molar-refractivity contribution in [3.8, 4) is 0 Å². The summed E-state index contributed by atoms with van der Waals surface area (Å²) in [4.78, 5) is 19.6. The molecular weight excluding hydrogens is 295 g/mol. The van der Waals surface area contributed by atoms with Crippen LogP contribution in [0.2, 0.25) is 0 Å². The molecular formula is C15H20F3N3O. The van der Waals surface area contributed by atoms with Crippen molar-refractivity contribution in [3.05, 3.63) is 23.9 Å². The number of rotatable bonds is 3. The van der Waals surface area contributed by atoms with E-state index >= 15 is 0 Å². The minimum Gasteiger partial charge on any atom is -0.355 e. The molecule has 0 atom stereocenters. The first-order valence-electron chi connectivity index (χ1n) is 7.48. The van der Waals surface area contributed by atoms with E-state index in [2.05, 4.69) is 4.98 Å². The van der Waals surface area contributed by atoms with Gasteiger partial charge >= 0.3 is 6.18 Å². The van der Waals surface area contributed by atoms with Gasteiger partial charge in [-0.05, 0) is 25.0 Å². The van der Waals surface area contributed by atoms with Gasteiger partial charge in [0.05, 0.1) is 5.56 Å². The number of anilines is 1. The summed E-state index contributed by atoms with van der Waals surface area (Å²) in [5.41, 5.74) is -0.745. The van der Waals surface area contributed by atoms with Gasteiger partial charge in [0, 0.05) is 38.8 Å². The van der Waals surface area contributed by atoms with Crippen LogP contribution in [0.4, 0.5) is 19.0 Å². The molecule has 1 aliphatic heterocycles. The zero-order valence-electron chi connectivity index (χ0n) is 12.6. The quantitative estimate of drug-likeness (QED) is 0.860. The molecule has 0 N–H and O–H groups in total. The van der Waals surface area contributed by atoms with Gasteiger partial charge in [0.15, 0.2) is 0 Å². The van der Waals surface area contributed by atoms with E-state index in [1.807, 2.05) is 16.7 Å². The minimum absolute atomic E-state index is 0.143. The summed E-state index contributed by atoms with van der Waals surface area (Å²) < 4.78 is 37.6. The summed E-state index contributed by atoms with van der Waals surface area (Å²) in [6, 6.07) is 2.44. The molecule has 7 heteroatoms. The number of pyridine rings is 1. The van der Waals surface area contributed by atoms with Gasteiger partial charge in [0.1, 0.15) is 5.82 Å². The van der Waals surface area contributed by atoms with Crippen molar-refractivity contribution in [1.29, 1.82) is 0 Å². The Labute approximate surface area is 127 Å². The number of hydrogen-bond donors (Lipinski definition) is 0. The molecule has 0 saturated carbocycles. The fourth-order valence-electron chi connectivity index (χ4n) is 2.51. The maximum atomic E-state index is 12.5. The van der Waals surface area contributed by atoms with Crippen LogP contribution in [0.25, 0.3) is 0 Å². The lowest BCUT2D eigenvalue weighted by atomic mass is 10.2. The lowest BCUT2D eigenvalue weighted by molar-refractivity contribution is -0.137. The molecule has 0 aromatic carbocycles. The highest BCUT2D eigenvalue weighted by molar-refractivity contribution is 5.76. The smallest absolute Gasteiger partial charge is 0.355 e. The van der Waals surface area contributed by atoms with Crippen molar-refractivity contribution in [2.75, 3.05) is 31.1 Å². The lowest BCUT2D eigenvalue weighted by Gasteiger charge is -2.23. The number of carbonyl (C=O) groups is 1. The molecule has 122 valence electrons. The molecule has 0 radical (unpaired) electrons. The van der Waals surface area contributed by atoms with Gasteiger partial charge in [-0.3, -0.25) is 4.79 Å². The van der Waals surface area contributed by atoms with Crippen LogP contribution in [0, 0.1) is 0 Å². The van der Waals surface area contributed by atoms with E-state index in [9.17, 15) is 18.0 Å². The van der Waals surface area contributed by atoms with E-state index in [0.29, 0.717) is 38.4 Å². The van der Waals surface area contributed by atoms with Crippen LogP contribution in [-0.4, -0.2) is 42.0 Å². The van der Waals surface area contributed by atoms with Crippen LogP contribution in [0.5, 0.6) is 0 Å². The monoisotopic (exact) mass is 315 g/mol. The lowest BCUT2D eigenvalue weighted by Crippen LogP contribution is -2.35. The minimum atomic E-state index is -4.37. The molecule has 0 unspecified atom stereocenters. The molecule has 2 heterocycles. The summed E-state index contributed by atoms with van der Waals surface area (Å²) in [5.74, 6) is 0.669. The molecule has 1 aliphatic rings. The first-order valence-corrected chi connectivity index (χ1v) is 7.48. The zero-order chi connectivity index (χ0) is 16.2. The van der Waals surface area contributed by atoms with Gasteiger partial charge < -0.3 is 9.80 Å². The van der Waals surface area contributed by atoms with E-state index < -0.39 is 11.7 Å². The van der Waals surface area contributed by atoms with Gasteiger partial charge in [-0.25, -0.2) is 4.98 Å². The van der Waals surface area contributed by atoms with Crippen LogP contribution < -0.4 is 4.90 Å². The van der Waals surface area contributed by atoms with Gasteiger partial charge in [-0.2, -0.15) is 13.2 Å². The maximum Gasteiger partial charge on any atom is 0.417 e. The Balaban J connectivity index is 2.00. The van der Waals surface area contributed by atoms with Crippen molar-refractivity contribution < 1.29 is 18.0 Å². The Hall–Kier alpha value is -1.79. The Kier molecular flexibility index (Phi) is 5.26. The normalized spacial score (nSPS) is 16.5. The first kappa shape index (κ1) is 16.6. The molecule has 22 heavy (non-hydrogen) atoms. The number of hydrogen-bond acceptors (Lipinski definition) is 3. The van der Waals surface area contributed by atoms with Crippen LogP contribution in [0.15, 0.2) is 18.3 Å². The second-order valence-corrected chi connectivity index (χ2v) is 5.37. The number of aromatic nitrogens is 1. The van der Waals surface area contributed by atoms with Crippen LogP contribution in [-0.2, 0) is 11.0 Å². The van der Waals surface area contributed by atoms with Gasteiger partial charge in [-0.15, -0.1) is 0 Å². The summed E-state index contributed by atoms with van der Waals surface area (Å²) in [6.07, 6.45) is -1.36. The average molecular weight is 315 g/mol. The second-order valence-electron chi connectivity index (χ2n) is 5.37. The average Bonchev–Trinajstić information content (AvgIpc) is 2.73. The molecule has 1 aromatic rings. The van der Waals surface area contributed by atoms with E-state index in [0.717, 1.165) is 25.1 Å². The van der Waals surface area contributed by atoms with Crippen LogP contribution in [0.1, 0.15) is 31.7 Å². The van der Waals surface area contributed by atoms with Crippen LogP contribution in [0.3, 0.4) is 0 Å². The summed E-state index contributed by atoms with van der Waals surface area (Å²) in [5, 5.41) is 0. The van der Waals surface area contributed by atoms with Gasteiger partial charge in [0.25, 0.3) is 0 Å². The fraction of sp³-hybridized carbons (Fsp3) is 0.600. The number of amides is 1. The topological polar surface area (TPSA) is 36.4 Å². The highest BCUT2D eigenvalue weighted by atomic mass is 19.4. The number of carbonyl (C=O) groups excluding carboxylic acids is 1. The van der Waals surface area contributed by atoms with E-state index in [4.69, 9.17) is 0 Å². The summed E-state index contributed by atoms with van der Waals surface area (Å²) in [7, 11) is 0. The molecule has 0 spiro atoms. The number of halogens is 3. The molecule has 0 bridgehead atoms. The Morgan fingerprint density at radius 3 is 2.59 bits per heavy atom. The SMILES string of the molecule is CCCC(=O)N1CCCN(c2ccc(C(F)(F)F)cn2)CC1. The molecule has 1 aromatic heterocycles. The Bertz CT molecular complexity index is 502. The molecule has 1 fully saturated rings. The number of alkyl halides is 3. The summed E-state index contributed by atoms with van der Waals surface area (Å²) in [6.45, 7) is 4.52. The Morgan fingerprint density at radius 1 is 1.23 bits per heavy atom. The fourth-order valence-corrected chi connectivity index (χ4v) is 2.51. The molecule has 2 rings (SSSR count). The van der Waals surface area contributed by atoms with Crippen LogP contribution >= 0.6 is 0 Å². The van der Waals surface area contributed by atoms with E-state index in [1.54, 1.807) is 0 Å². The molecule has 1 saturated heterocycles. The zero-order valence-corrected chi connectivity index (χ0v) is 12.6.